The van der Waals surface area contributed by atoms with Gasteiger partial charge in [-0.25, -0.2) is 0 Å². The summed E-state index contributed by atoms with van der Waals surface area (Å²) in [4.78, 5) is 22.6. The zero-order valence-electron chi connectivity index (χ0n) is 12.5. The maximum atomic E-state index is 11.7. The summed E-state index contributed by atoms with van der Waals surface area (Å²) in [5, 5.41) is 15.8. The first-order valence-corrected chi connectivity index (χ1v) is 6.34. The van der Waals surface area contributed by atoms with Crippen LogP contribution < -0.4 is 5.32 Å². The zero-order valence-corrected chi connectivity index (χ0v) is 12.5. The summed E-state index contributed by atoms with van der Waals surface area (Å²) in [5.41, 5.74) is 1.74. The van der Waals surface area contributed by atoms with Crippen LogP contribution in [0.5, 0.6) is 0 Å². The van der Waals surface area contributed by atoms with E-state index in [0.717, 1.165) is 17.0 Å². The van der Waals surface area contributed by atoms with Gasteiger partial charge in [0.1, 0.15) is 0 Å². The Morgan fingerprint density at radius 2 is 2.00 bits per heavy atom. The second kappa shape index (κ2) is 5.90. The number of aliphatic carboxylic acids is 1. The number of nitrogens with zero attached hydrogens (tertiary/aromatic N) is 2. The van der Waals surface area contributed by atoms with Crippen molar-refractivity contribution in [1.29, 1.82) is 0 Å². The average molecular weight is 279 g/mol. The molecular formula is C14H21N3O3. The smallest absolute Gasteiger partial charge is 0.310 e. The fourth-order valence-corrected chi connectivity index (χ4v) is 1.63. The molecule has 1 rings (SSSR count). The number of carboxylic acids is 1. The van der Waals surface area contributed by atoms with E-state index in [4.69, 9.17) is 5.11 Å². The van der Waals surface area contributed by atoms with Gasteiger partial charge >= 0.3 is 5.97 Å². The molecule has 6 heteroatoms. The second-order valence-electron chi connectivity index (χ2n) is 5.45. The monoisotopic (exact) mass is 279 g/mol. The van der Waals surface area contributed by atoms with Crippen molar-refractivity contribution in [3.63, 3.8) is 0 Å². The molecule has 0 aliphatic carbocycles. The molecule has 20 heavy (non-hydrogen) atoms. The lowest BCUT2D eigenvalue weighted by Gasteiger charge is -2.18. The predicted molar refractivity (Wildman–Crippen MR) is 76.1 cm³/mol. The number of rotatable bonds is 5. The van der Waals surface area contributed by atoms with Gasteiger partial charge in [-0.1, -0.05) is 0 Å². The van der Waals surface area contributed by atoms with Crippen LogP contribution in [0.15, 0.2) is 6.08 Å². The summed E-state index contributed by atoms with van der Waals surface area (Å²) >= 11 is 0. The number of amides is 1. The quantitative estimate of drug-likeness (QED) is 0.795. The van der Waals surface area contributed by atoms with Gasteiger partial charge < -0.3 is 10.4 Å². The maximum Gasteiger partial charge on any atom is 0.310 e. The van der Waals surface area contributed by atoms with Crippen LogP contribution in [0.4, 0.5) is 0 Å². The Morgan fingerprint density at radius 3 is 2.45 bits per heavy atom. The molecular weight excluding hydrogens is 258 g/mol. The van der Waals surface area contributed by atoms with Crippen LogP contribution in [0.1, 0.15) is 30.8 Å². The first-order valence-electron chi connectivity index (χ1n) is 6.34. The van der Waals surface area contributed by atoms with Crippen molar-refractivity contribution in [2.75, 3.05) is 6.54 Å². The molecule has 0 atom stereocenters. The van der Waals surface area contributed by atoms with Gasteiger partial charge in [-0.3, -0.25) is 14.3 Å². The van der Waals surface area contributed by atoms with Gasteiger partial charge in [0, 0.05) is 30.9 Å². The molecule has 1 heterocycles. The average Bonchev–Trinajstić information content (AvgIpc) is 2.59. The highest BCUT2D eigenvalue weighted by Crippen LogP contribution is 2.14. The maximum absolute atomic E-state index is 11.7. The van der Waals surface area contributed by atoms with Gasteiger partial charge in [0.15, 0.2) is 0 Å². The lowest BCUT2D eigenvalue weighted by molar-refractivity contribution is -0.146. The Kier molecular flexibility index (Phi) is 4.70. The minimum atomic E-state index is -0.983. The number of carboxylic acid groups (broad SMARTS) is 1. The van der Waals surface area contributed by atoms with Crippen molar-refractivity contribution in [2.24, 2.45) is 12.5 Å². The van der Waals surface area contributed by atoms with Crippen molar-refractivity contribution in [3.05, 3.63) is 23.0 Å². The van der Waals surface area contributed by atoms with Crippen LogP contribution in [0.25, 0.3) is 6.08 Å². The summed E-state index contributed by atoms with van der Waals surface area (Å²) in [7, 11) is 1.84. The van der Waals surface area contributed by atoms with Crippen LogP contribution in [-0.2, 0) is 16.6 Å². The number of hydrogen-bond donors (Lipinski definition) is 2. The lowest BCUT2D eigenvalue weighted by atomic mass is 9.94. The lowest BCUT2D eigenvalue weighted by Crippen LogP contribution is -2.38. The molecule has 0 radical (unpaired) electrons. The van der Waals surface area contributed by atoms with E-state index in [1.807, 2.05) is 20.9 Å². The van der Waals surface area contributed by atoms with E-state index >= 15 is 0 Å². The molecule has 2 N–H and O–H groups in total. The molecule has 0 bridgehead atoms. The van der Waals surface area contributed by atoms with Crippen LogP contribution in [0.3, 0.4) is 0 Å². The van der Waals surface area contributed by atoms with Crippen molar-refractivity contribution >= 4 is 18.0 Å². The summed E-state index contributed by atoms with van der Waals surface area (Å²) < 4.78 is 1.75. The van der Waals surface area contributed by atoms with E-state index in [-0.39, 0.29) is 12.5 Å². The Balaban J connectivity index is 2.67. The van der Waals surface area contributed by atoms with Gasteiger partial charge in [-0.15, -0.1) is 0 Å². The number of carbonyl (C=O) groups is 2. The number of aromatic nitrogens is 2. The third-order valence-corrected chi connectivity index (χ3v) is 3.25. The minimum Gasteiger partial charge on any atom is -0.481 e. The fraction of sp³-hybridized carbons (Fsp3) is 0.500. The Hall–Kier alpha value is -2.11. The van der Waals surface area contributed by atoms with Gasteiger partial charge in [-0.2, -0.15) is 5.10 Å². The molecule has 1 amide bonds. The van der Waals surface area contributed by atoms with Gasteiger partial charge in [0.2, 0.25) is 5.91 Å². The Morgan fingerprint density at radius 1 is 1.40 bits per heavy atom. The number of aryl methyl sites for hydroxylation is 2. The van der Waals surface area contributed by atoms with Gasteiger partial charge in [0.05, 0.1) is 11.1 Å². The minimum absolute atomic E-state index is 0.0799. The van der Waals surface area contributed by atoms with Crippen LogP contribution in [0, 0.1) is 19.3 Å². The largest absolute Gasteiger partial charge is 0.481 e. The van der Waals surface area contributed by atoms with E-state index in [1.54, 1.807) is 24.6 Å². The molecule has 1 aromatic heterocycles. The highest BCUT2D eigenvalue weighted by atomic mass is 16.4. The molecule has 110 valence electrons. The normalized spacial score (nSPS) is 11.8. The van der Waals surface area contributed by atoms with Gasteiger partial charge in [0.25, 0.3) is 0 Å². The summed E-state index contributed by atoms with van der Waals surface area (Å²) in [6, 6.07) is 0. The molecule has 0 spiro atoms. The standard InChI is InChI=1S/C14H21N3O3/c1-9-11(10(2)17(5)16-9)6-7-12(18)15-8-14(3,4)13(19)20/h6-7H,8H2,1-5H3,(H,15,18)(H,19,20)/b7-6+. The topological polar surface area (TPSA) is 84.2 Å². The number of hydrogen-bond acceptors (Lipinski definition) is 3. The van der Waals surface area contributed by atoms with Crippen molar-refractivity contribution < 1.29 is 14.7 Å². The van der Waals surface area contributed by atoms with Crippen LogP contribution >= 0.6 is 0 Å². The summed E-state index contributed by atoms with van der Waals surface area (Å²) in [6.45, 7) is 7.00. The molecule has 0 saturated heterocycles. The summed E-state index contributed by atoms with van der Waals surface area (Å²) in [6.07, 6.45) is 3.09. The first-order chi connectivity index (χ1) is 9.15. The molecule has 1 aromatic rings. The SMILES string of the molecule is Cc1nn(C)c(C)c1/C=C/C(=O)NCC(C)(C)C(=O)O. The summed E-state index contributed by atoms with van der Waals surface area (Å²) in [5.74, 6) is -1.26. The molecule has 0 saturated carbocycles. The zero-order chi connectivity index (χ0) is 15.5. The Bertz CT molecular complexity index is 556. The molecule has 6 nitrogen and oxygen atoms in total. The number of nitrogens with one attached hydrogen (secondary N) is 1. The van der Waals surface area contributed by atoms with Crippen molar-refractivity contribution in [3.8, 4) is 0 Å². The van der Waals surface area contributed by atoms with Crippen LogP contribution in [0.2, 0.25) is 0 Å². The molecule has 0 aliphatic rings. The highest BCUT2D eigenvalue weighted by molar-refractivity contribution is 5.92. The van der Waals surface area contributed by atoms with E-state index in [2.05, 4.69) is 10.4 Å². The predicted octanol–water partition coefficient (Wildman–Crippen LogP) is 1.28. The number of carbonyl (C=O) groups excluding carboxylic acids is 1. The Labute approximate surface area is 118 Å². The van der Waals surface area contributed by atoms with Crippen molar-refractivity contribution in [1.82, 2.24) is 15.1 Å². The highest BCUT2D eigenvalue weighted by Gasteiger charge is 2.27. The van der Waals surface area contributed by atoms with Gasteiger partial charge in [-0.05, 0) is 33.8 Å². The third kappa shape index (κ3) is 3.69. The van der Waals surface area contributed by atoms with E-state index in [1.165, 1.54) is 6.08 Å². The molecule has 0 fully saturated rings. The van der Waals surface area contributed by atoms with Crippen molar-refractivity contribution in [2.45, 2.75) is 27.7 Å². The van der Waals surface area contributed by atoms with Crippen LogP contribution in [-0.4, -0.2) is 33.3 Å². The molecule has 0 unspecified atom stereocenters. The third-order valence-electron chi connectivity index (χ3n) is 3.25. The van der Waals surface area contributed by atoms with E-state index in [0.29, 0.717) is 0 Å². The van der Waals surface area contributed by atoms with E-state index in [9.17, 15) is 9.59 Å². The van der Waals surface area contributed by atoms with E-state index < -0.39 is 11.4 Å². The molecule has 0 aliphatic heterocycles. The first kappa shape index (κ1) is 15.9. The second-order valence-corrected chi connectivity index (χ2v) is 5.45. The fourth-order valence-electron chi connectivity index (χ4n) is 1.63. The molecule has 0 aromatic carbocycles.